The highest BCUT2D eigenvalue weighted by molar-refractivity contribution is 6.16. The van der Waals surface area contributed by atoms with Crippen LogP contribution in [0.4, 0.5) is 10.1 Å². The number of carbonyl (C=O) groups excluding carboxylic acids is 2. The molecular formula is C24H20FNO4. The minimum absolute atomic E-state index is 0.0328. The van der Waals surface area contributed by atoms with Gasteiger partial charge in [-0.2, -0.15) is 0 Å². The summed E-state index contributed by atoms with van der Waals surface area (Å²) in [5.41, 5.74) is 1.17. The molecule has 1 N–H and O–H groups in total. The summed E-state index contributed by atoms with van der Waals surface area (Å²) >= 11 is 0. The average molecular weight is 405 g/mol. The van der Waals surface area contributed by atoms with E-state index in [1.807, 2.05) is 30.3 Å². The molecule has 5 nitrogen and oxygen atoms in total. The number of anilines is 1. The Morgan fingerprint density at radius 1 is 1.10 bits per heavy atom. The molecule has 0 fully saturated rings. The van der Waals surface area contributed by atoms with E-state index in [4.69, 9.17) is 4.42 Å². The fourth-order valence-corrected chi connectivity index (χ4v) is 3.69. The van der Waals surface area contributed by atoms with Crippen molar-refractivity contribution in [3.8, 4) is 0 Å². The molecule has 1 aliphatic heterocycles. The molecule has 1 unspecified atom stereocenters. The maximum atomic E-state index is 13.8. The predicted molar refractivity (Wildman–Crippen MR) is 109 cm³/mol. The third-order valence-electron chi connectivity index (χ3n) is 5.11. The summed E-state index contributed by atoms with van der Waals surface area (Å²) in [5, 5.41) is 10.6. The molecule has 3 aromatic rings. The number of hydrogen-bond donors (Lipinski definition) is 1. The first-order valence-corrected chi connectivity index (χ1v) is 9.61. The zero-order chi connectivity index (χ0) is 21.3. The molecule has 0 radical (unpaired) electrons. The van der Waals surface area contributed by atoms with Crippen LogP contribution in [0.1, 0.15) is 29.5 Å². The predicted octanol–water partition coefficient (Wildman–Crippen LogP) is 4.83. The number of furan rings is 1. The van der Waals surface area contributed by atoms with Gasteiger partial charge in [-0.05, 0) is 49.2 Å². The van der Waals surface area contributed by atoms with E-state index in [1.165, 1.54) is 23.1 Å². The lowest BCUT2D eigenvalue weighted by Gasteiger charge is -2.25. The molecule has 2 heterocycles. The second kappa shape index (κ2) is 7.99. The molecule has 1 aliphatic rings. The minimum atomic E-state index is -0.962. The van der Waals surface area contributed by atoms with Crippen molar-refractivity contribution in [2.45, 2.75) is 25.8 Å². The molecule has 0 aliphatic carbocycles. The highest BCUT2D eigenvalue weighted by Gasteiger charge is 2.45. The van der Waals surface area contributed by atoms with Crippen molar-refractivity contribution >= 4 is 17.4 Å². The molecule has 30 heavy (non-hydrogen) atoms. The Morgan fingerprint density at radius 3 is 2.53 bits per heavy atom. The van der Waals surface area contributed by atoms with Crippen LogP contribution >= 0.6 is 0 Å². The first-order valence-electron chi connectivity index (χ1n) is 9.61. The van der Waals surface area contributed by atoms with Gasteiger partial charge in [0.2, 0.25) is 0 Å². The van der Waals surface area contributed by atoms with Crippen molar-refractivity contribution in [2.75, 3.05) is 4.90 Å². The second-order valence-corrected chi connectivity index (χ2v) is 7.18. The molecule has 1 amide bonds. The van der Waals surface area contributed by atoms with Crippen LogP contribution in [0.15, 0.2) is 82.5 Å². The quantitative estimate of drug-likeness (QED) is 0.638. The Kier molecular flexibility index (Phi) is 5.23. The molecule has 2 aromatic carbocycles. The van der Waals surface area contributed by atoms with E-state index in [0.717, 1.165) is 5.56 Å². The Morgan fingerprint density at radius 2 is 1.87 bits per heavy atom. The summed E-state index contributed by atoms with van der Waals surface area (Å²) < 4.78 is 19.5. The number of benzene rings is 2. The molecule has 0 saturated heterocycles. The van der Waals surface area contributed by atoms with Gasteiger partial charge in [-0.1, -0.05) is 36.4 Å². The average Bonchev–Trinajstić information content (AvgIpc) is 3.28. The number of ketones is 1. The first-order chi connectivity index (χ1) is 14.5. The first kappa shape index (κ1) is 19.6. The molecule has 0 spiro atoms. The Bertz CT molecular complexity index is 1130. The van der Waals surface area contributed by atoms with Crippen LogP contribution in [0, 0.1) is 12.7 Å². The van der Waals surface area contributed by atoms with Crippen molar-refractivity contribution in [1.82, 2.24) is 0 Å². The monoisotopic (exact) mass is 405 g/mol. The van der Waals surface area contributed by atoms with Crippen molar-refractivity contribution < 1.29 is 23.5 Å². The number of Topliss-reactive ketones (excluding diaryl/α,β-unsaturated/α-hetero) is 1. The van der Waals surface area contributed by atoms with Crippen LogP contribution in [0.25, 0.3) is 0 Å². The number of aryl methyl sites for hydroxylation is 2. The molecular weight excluding hydrogens is 385 g/mol. The number of amides is 1. The van der Waals surface area contributed by atoms with Gasteiger partial charge in [0.1, 0.15) is 23.4 Å². The van der Waals surface area contributed by atoms with E-state index in [2.05, 4.69) is 0 Å². The molecule has 4 rings (SSSR count). The van der Waals surface area contributed by atoms with E-state index in [0.29, 0.717) is 17.9 Å². The Balaban J connectivity index is 1.71. The van der Waals surface area contributed by atoms with Gasteiger partial charge in [0.25, 0.3) is 5.91 Å². The molecule has 0 saturated carbocycles. The maximum Gasteiger partial charge on any atom is 0.294 e. The van der Waals surface area contributed by atoms with Crippen molar-refractivity contribution in [3.63, 3.8) is 0 Å². The number of hydrogen-bond acceptors (Lipinski definition) is 4. The van der Waals surface area contributed by atoms with Gasteiger partial charge in [0.05, 0.1) is 5.57 Å². The Hall–Kier alpha value is -3.67. The van der Waals surface area contributed by atoms with Crippen molar-refractivity contribution in [1.29, 1.82) is 0 Å². The van der Waals surface area contributed by atoms with Crippen LogP contribution in [0.5, 0.6) is 0 Å². The van der Waals surface area contributed by atoms with Gasteiger partial charge in [0.15, 0.2) is 11.5 Å². The molecule has 6 heteroatoms. The van der Waals surface area contributed by atoms with Crippen LogP contribution in [-0.4, -0.2) is 16.8 Å². The summed E-state index contributed by atoms with van der Waals surface area (Å²) in [6.07, 6.45) is 0.582. The zero-order valence-electron chi connectivity index (χ0n) is 16.3. The summed E-state index contributed by atoms with van der Waals surface area (Å²) in [6, 6.07) is 17.3. The summed E-state index contributed by atoms with van der Waals surface area (Å²) in [6.45, 7) is 1.74. The fourth-order valence-electron chi connectivity index (χ4n) is 3.69. The largest absolute Gasteiger partial charge is 0.503 e. The topological polar surface area (TPSA) is 70.8 Å². The number of carbonyl (C=O) groups is 2. The third-order valence-corrected chi connectivity index (χ3v) is 5.11. The van der Waals surface area contributed by atoms with Gasteiger partial charge in [-0.3, -0.25) is 14.5 Å². The fraction of sp³-hybridized carbons (Fsp3) is 0.167. The highest BCUT2D eigenvalue weighted by Crippen LogP contribution is 2.42. The van der Waals surface area contributed by atoms with Crippen LogP contribution < -0.4 is 4.90 Å². The van der Waals surface area contributed by atoms with Gasteiger partial charge < -0.3 is 9.52 Å². The SMILES string of the molecule is Cc1ccc(C2C(C(=O)CCc3ccccc3)=C(O)C(=O)N2c2cccc(F)c2)o1. The number of rotatable bonds is 6. The lowest BCUT2D eigenvalue weighted by Crippen LogP contribution is -2.30. The van der Waals surface area contributed by atoms with Crippen LogP contribution in [0.3, 0.4) is 0 Å². The molecule has 0 bridgehead atoms. The lowest BCUT2D eigenvalue weighted by molar-refractivity contribution is -0.118. The number of halogens is 1. The summed E-state index contributed by atoms with van der Waals surface area (Å²) in [5.74, 6) is -1.35. The van der Waals surface area contributed by atoms with Gasteiger partial charge >= 0.3 is 0 Å². The maximum absolute atomic E-state index is 13.8. The minimum Gasteiger partial charge on any atom is -0.503 e. The second-order valence-electron chi connectivity index (χ2n) is 7.18. The smallest absolute Gasteiger partial charge is 0.294 e. The van der Waals surface area contributed by atoms with E-state index in [9.17, 15) is 19.1 Å². The number of aliphatic hydroxyl groups is 1. The van der Waals surface area contributed by atoms with Crippen molar-refractivity contribution in [3.05, 3.63) is 101 Å². The van der Waals surface area contributed by atoms with Crippen molar-refractivity contribution in [2.24, 2.45) is 0 Å². The van der Waals surface area contributed by atoms with Crippen LogP contribution in [0.2, 0.25) is 0 Å². The number of nitrogens with zero attached hydrogens (tertiary/aromatic N) is 1. The zero-order valence-corrected chi connectivity index (χ0v) is 16.3. The molecule has 152 valence electrons. The summed E-state index contributed by atoms with van der Waals surface area (Å²) in [7, 11) is 0. The van der Waals surface area contributed by atoms with Gasteiger partial charge in [-0.25, -0.2) is 4.39 Å². The normalized spacial score (nSPS) is 16.4. The van der Waals surface area contributed by atoms with Gasteiger partial charge in [-0.15, -0.1) is 0 Å². The van der Waals surface area contributed by atoms with E-state index >= 15 is 0 Å². The highest BCUT2D eigenvalue weighted by atomic mass is 19.1. The molecule has 1 aromatic heterocycles. The van der Waals surface area contributed by atoms with E-state index in [1.54, 1.807) is 25.1 Å². The van der Waals surface area contributed by atoms with E-state index in [-0.39, 0.29) is 23.5 Å². The van der Waals surface area contributed by atoms with E-state index < -0.39 is 23.5 Å². The molecule has 1 atom stereocenters. The summed E-state index contributed by atoms with van der Waals surface area (Å²) in [4.78, 5) is 27.2. The Labute approximate surface area is 173 Å². The third kappa shape index (κ3) is 3.64. The lowest BCUT2D eigenvalue weighted by atomic mass is 9.96. The number of aliphatic hydroxyl groups excluding tert-OH is 1. The van der Waals surface area contributed by atoms with Gasteiger partial charge in [0, 0.05) is 12.1 Å². The van der Waals surface area contributed by atoms with Crippen LogP contribution in [-0.2, 0) is 16.0 Å². The standard InChI is InChI=1S/C24H20FNO4/c1-15-10-13-20(30-15)22-21(19(27)12-11-16-6-3-2-4-7-16)23(28)24(29)26(22)18-9-5-8-17(25)14-18/h2-10,13-14,22,28H,11-12H2,1H3.